The molecule has 0 aliphatic carbocycles. The van der Waals surface area contributed by atoms with Crippen molar-refractivity contribution in [3.8, 4) is 5.69 Å². The molecule has 0 saturated heterocycles. The van der Waals surface area contributed by atoms with Crippen molar-refractivity contribution in [2.75, 3.05) is 0 Å². The number of rotatable bonds is 1. The Bertz CT molecular complexity index is 933. The van der Waals surface area contributed by atoms with Crippen molar-refractivity contribution in [3.63, 3.8) is 0 Å². The van der Waals surface area contributed by atoms with Crippen molar-refractivity contribution in [1.82, 2.24) is 14.5 Å². The van der Waals surface area contributed by atoms with Crippen LogP contribution in [0.5, 0.6) is 0 Å². The average Bonchev–Trinajstić information content (AvgIpc) is 2.45. The Kier molecular flexibility index (Phi) is 3.68. The van der Waals surface area contributed by atoms with Gasteiger partial charge in [0.25, 0.3) is 0 Å². The fourth-order valence-electron chi connectivity index (χ4n) is 1.94. The number of aromatic nitrogens is 3. The normalized spacial score (nSPS) is 10.9. The standard InChI is InChI=1S/C13H7As2N3OS/c14-10-11(15)18(13(20)17-12(10)19)8-5-7-3-1-2-4-9(7)16-6-8/h1-6H,(H,17,19,20). The molecule has 7 heteroatoms. The minimum absolute atomic E-state index is 0.185. The average molecular weight is 403 g/mol. The quantitative estimate of drug-likeness (QED) is 0.461. The van der Waals surface area contributed by atoms with E-state index in [2.05, 4.69) is 43.7 Å². The molecule has 0 bridgehead atoms. The molecular formula is C13H7As2N3OS. The van der Waals surface area contributed by atoms with E-state index < -0.39 is 0 Å². The molecule has 2 aromatic heterocycles. The zero-order chi connectivity index (χ0) is 14.3. The Labute approximate surface area is 137 Å². The van der Waals surface area contributed by atoms with Gasteiger partial charge in [-0.2, -0.15) is 0 Å². The topological polar surface area (TPSA) is 50.7 Å². The monoisotopic (exact) mass is 403 g/mol. The summed E-state index contributed by atoms with van der Waals surface area (Å²) in [6, 6.07) is 9.86. The Morgan fingerprint density at radius 1 is 1.25 bits per heavy atom. The summed E-state index contributed by atoms with van der Waals surface area (Å²) in [6.07, 6.45) is 1.75. The fourth-order valence-corrected chi connectivity index (χ4v) is 3.37. The van der Waals surface area contributed by atoms with E-state index >= 15 is 0 Å². The second-order valence-electron chi connectivity index (χ2n) is 4.15. The van der Waals surface area contributed by atoms with Gasteiger partial charge in [0, 0.05) is 0 Å². The van der Waals surface area contributed by atoms with Crippen LogP contribution in [0.25, 0.3) is 16.6 Å². The Hall–Kier alpha value is -1.15. The van der Waals surface area contributed by atoms with Crippen LogP contribution in [0.2, 0.25) is 0 Å². The zero-order valence-corrected chi connectivity index (χ0v) is 14.6. The van der Waals surface area contributed by atoms with E-state index in [4.69, 9.17) is 12.2 Å². The van der Waals surface area contributed by atoms with Crippen molar-refractivity contribution in [3.05, 3.63) is 51.7 Å². The van der Waals surface area contributed by atoms with Crippen LogP contribution in [0.4, 0.5) is 0 Å². The van der Waals surface area contributed by atoms with Crippen LogP contribution >= 0.6 is 12.2 Å². The third-order valence-electron chi connectivity index (χ3n) is 2.90. The number of H-pyrrole nitrogens is 1. The number of benzene rings is 1. The third-order valence-corrected chi connectivity index (χ3v) is 5.77. The summed E-state index contributed by atoms with van der Waals surface area (Å²) in [5.74, 6) is 0. The van der Waals surface area contributed by atoms with E-state index in [-0.39, 0.29) is 5.56 Å². The predicted molar refractivity (Wildman–Crippen MR) is 83.3 cm³/mol. The Morgan fingerprint density at radius 3 is 2.80 bits per heavy atom. The summed E-state index contributed by atoms with van der Waals surface area (Å²) < 4.78 is 3.46. The van der Waals surface area contributed by atoms with Crippen LogP contribution in [0.15, 0.2) is 41.3 Å². The molecule has 3 aromatic rings. The number of nitrogens with one attached hydrogen (secondary N) is 1. The first-order valence-corrected chi connectivity index (χ1v) is 7.99. The summed E-state index contributed by atoms with van der Waals surface area (Å²) in [5.41, 5.74) is 1.57. The molecule has 0 atom stereocenters. The Morgan fingerprint density at radius 2 is 2.00 bits per heavy atom. The van der Waals surface area contributed by atoms with Crippen molar-refractivity contribution in [1.29, 1.82) is 0 Å². The number of para-hydroxylation sites is 1. The Balaban J connectivity index is 2.34. The van der Waals surface area contributed by atoms with Crippen molar-refractivity contribution < 1.29 is 0 Å². The molecule has 0 aliphatic heterocycles. The first-order chi connectivity index (χ1) is 9.58. The molecule has 0 unspecified atom stereocenters. The maximum absolute atomic E-state index is 11.7. The number of fused-ring (bicyclic) bond motifs is 1. The van der Waals surface area contributed by atoms with E-state index in [0.717, 1.165) is 21.1 Å². The molecule has 96 valence electrons. The van der Waals surface area contributed by atoms with Crippen molar-refractivity contribution in [2.24, 2.45) is 0 Å². The summed E-state index contributed by atoms with van der Waals surface area (Å²) in [4.78, 5) is 18.8. The summed E-state index contributed by atoms with van der Waals surface area (Å²) in [7, 11) is 0. The summed E-state index contributed by atoms with van der Waals surface area (Å²) >= 11 is 9.91. The molecule has 3 rings (SSSR count). The molecule has 2 heterocycles. The predicted octanol–water partition coefficient (Wildman–Crippen LogP) is 0.0309. The van der Waals surface area contributed by atoms with Gasteiger partial charge in [-0.1, -0.05) is 0 Å². The molecule has 20 heavy (non-hydrogen) atoms. The van der Waals surface area contributed by atoms with Crippen molar-refractivity contribution >= 4 is 65.7 Å². The number of hydrogen-bond acceptors (Lipinski definition) is 3. The van der Waals surface area contributed by atoms with Gasteiger partial charge in [0.2, 0.25) is 0 Å². The third kappa shape index (κ3) is 2.30. The molecule has 1 aromatic carbocycles. The zero-order valence-electron chi connectivity index (χ0n) is 10.1. The van der Waals surface area contributed by atoms with Gasteiger partial charge in [-0.15, -0.1) is 0 Å². The molecule has 4 radical (unpaired) electrons. The first kappa shape index (κ1) is 13.8. The van der Waals surface area contributed by atoms with Crippen molar-refractivity contribution in [2.45, 2.75) is 0 Å². The molecule has 0 aliphatic rings. The molecule has 1 N–H and O–H groups in total. The minimum atomic E-state index is -0.185. The van der Waals surface area contributed by atoms with Crippen LogP contribution in [-0.4, -0.2) is 48.2 Å². The van der Waals surface area contributed by atoms with Crippen LogP contribution in [-0.2, 0) is 0 Å². The first-order valence-electron chi connectivity index (χ1n) is 5.70. The van der Waals surface area contributed by atoms with Gasteiger partial charge >= 0.3 is 138 Å². The number of aromatic amines is 1. The van der Waals surface area contributed by atoms with Crippen LogP contribution in [0.3, 0.4) is 0 Å². The SMILES string of the molecule is O=c1[nH]c(=S)n(-c2cnc3ccccc3c2)c([As])c1[As]. The van der Waals surface area contributed by atoms with E-state index in [0.29, 0.717) is 9.12 Å². The molecule has 0 saturated carbocycles. The second kappa shape index (κ2) is 5.32. The molecule has 0 fully saturated rings. The van der Waals surface area contributed by atoms with Gasteiger partial charge in [-0.3, -0.25) is 0 Å². The van der Waals surface area contributed by atoms with Gasteiger partial charge in [0.05, 0.1) is 0 Å². The molecule has 4 nitrogen and oxygen atoms in total. The van der Waals surface area contributed by atoms with Crippen LogP contribution in [0, 0.1) is 4.77 Å². The fraction of sp³-hybridized carbons (Fsp3) is 0. The maximum atomic E-state index is 11.7. The van der Waals surface area contributed by atoms with E-state index in [1.807, 2.05) is 30.3 Å². The second-order valence-corrected chi connectivity index (χ2v) is 6.37. The van der Waals surface area contributed by atoms with Gasteiger partial charge in [-0.25, -0.2) is 0 Å². The van der Waals surface area contributed by atoms with Gasteiger partial charge < -0.3 is 0 Å². The summed E-state index contributed by atoms with van der Waals surface area (Å²) in [5, 5.41) is 1.03. The number of pyridine rings is 1. The number of hydrogen-bond donors (Lipinski definition) is 1. The van der Waals surface area contributed by atoms with E-state index in [9.17, 15) is 4.79 Å². The molecule has 0 amide bonds. The van der Waals surface area contributed by atoms with Crippen LogP contribution < -0.4 is 14.4 Å². The number of nitrogens with zero attached hydrogens (tertiary/aromatic N) is 2. The van der Waals surface area contributed by atoms with Crippen LogP contribution in [0.1, 0.15) is 0 Å². The van der Waals surface area contributed by atoms with Gasteiger partial charge in [0.15, 0.2) is 0 Å². The van der Waals surface area contributed by atoms with Gasteiger partial charge in [-0.05, 0) is 0 Å². The van der Waals surface area contributed by atoms with E-state index in [1.54, 1.807) is 10.8 Å². The molecular weight excluding hydrogens is 396 g/mol. The summed E-state index contributed by atoms with van der Waals surface area (Å²) in [6.45, 7) is 0. The molecule has 0 spiro atoms. The van der Waals surface area contributed by atoms with Gasteiger partial charge in [0.1, 0.15) is 0 Å². The van der Waals surface area contributed by atoms with E-state index in [1.165, 1.54) is 0 Å².